The van der Waals surface area contributed by atoms with Crippen LogP contribution < -0.4 is 21.8 Å². The maximum atomic E-state index is 12.5. The summed E-state index contributed by atoms with van der Waals surface area (Å²) in [5.41, 5.74) is 12.4. The Morgan fingerprint density at radius 1 is 1.05 bits per heavy atom. The van der Waals surface area contributed by atoms with E-state index in [1.54, 1.807) is 18.1 Å². The standard InChI is InChI=1S/C32H37N5O2.C2H6/c1-4-5-7-12-31(39)35-27-16-13-24(14-17-27)26-15-18-30-28(19-26)32(22(2)20-36(30)23(3)38)37(34)21-29(33)25-10-8-6-9-11-25;1-2/h4,6,8-11,13-19,21-22,32H,1,5,7,12,20,33-34H2,2-3H3,(H,35,39);1-2H3/b29-21-;/t22-,32?;/m1./s1. The number of amides is 2. The number of carbonyl (C=O) groups excluding carboxylic acids is 2. The Balaban J connectivity index is 0.00000226. The second-order valence-corrected chi connectivity index (χ2v) is 10.0. The molecule has 3 aromatic carbocycles. The van der Waals surface area contributed by atoms with Crippen molar-refractivity contribution in [3.63, 3.8) is 0 Å². The highest BCUT2D eigenvalue weighted by atomic mass is 16.2. The molecule has 2 amide bonds. The highest BCUT2D eigenvalue weighted by molar-refractivity contribution is 5.94. The first kappa shape index (κ1) is 31.2. The number of nitrogens with zero attached hydrogens (tertiary/aromatic N) is 2. The molecular weight excluding hydrogens is 510 g/mol. The molecule has 1 unspecified atom stereocenters. The molecule has 5 N–H and O–H groups in total. The third kappa shape index (κ3) is 7.86. The van der Waals surface area contributed by atoms with Gasteiger partial charge < -0.3 is 21.0 Å². The molecule has 7 nitrogen and oxygen atoms in total. The molecule has 0 bridgehead atoms. The lowest BCUT2D eigenvalue weighted by molar-refractivity contribution is -0.117. The van der Waals surface area contributed by atoms with Crippen molar-refractivity contribution in [2.75, 3.05) is 16.8 Å². The van der Waals surface area contributed by atoms with Gasteiger partial charge in [-0.1, -0.05) is 75.4 Å². The molecule has 0 radical (unpaired) electrons. The van der Waals surface area contributed by atoms with Gasteiger partial charge in [-0.05, 0) is 53.8 Å². The quantitative estimate of drug-likeness (QED) is 0.116. The van der Waals surface area contributed by atoms with Crippen molar-refractivity contribution in [1.29, 1.82) is 0 Å². The molecule has 7 heteroatoms. The van der Waals surface area contributed by atoms with E-state index in [9.17, 15) is 9.59 Å². The molecule has 0 fully saturated rings. The number of fused-ring (bicyclic) bond motifs is 1. The molecule has 1 heterocycles. The van der Waals surface area contributed by atoms with Gasteiger partial charge in [0.1, 0.15) is 0 Å². The number of anilines is 2. The average Bonchev–Trinajstić information content (AvgIpc) is 2.98. The van der Waals surface area contributed by atoms with E-state index in [4.69, 9.17) is 11.6 Å². The van der Waals surface area contributed by atoms with Gasteiger partial charge in [0.05, 0.1) is 11.7 Å². The minimum Gasteiger partial charge on any atom is -0.397 e. The van der Waals surface area contributed by atoms with E-state index < -0.39 is 0 Å². The van der Waals surface area contributed by atoms with Crippen molar-refractivity contribution in [2.45, 2.75) is 53.0 Å². The third-order valence-electron chi connectivity index (χ3n) is 7.06. The fourth-order valence-corrected chi connectivity index (χ4v) is 5.08. The van der Waals surface area contributed by atoms with Crippen LogP contribution in [0.4, 0.5) is 11.4 Å². The van der Waals surface area contributed by atoms with E-state index in [0.717, 1.165) is 46.5 Å². The van der Waals surface area contributed by atoms with Crippen LogP contribution in [0.3, 0.4) is 0 Å². The molecule has 0 saturated carbocycles. The number of hydrogen-bond acceptors (Lipinski definition) is 5. The van der Waals surface area contributed by atoms with Gasteiger partial charge in [-0.3, -0.25) is 9.59 Å². The number of rotatable bonds is 9. The molecule has 2 atom stereocenters. The summed E-state index contributed by atoms with van der Waals surface area (Å²) in [5.74, 6) is 6.68. The van der Waals surface area contributed by atoms with Crippen molar-refractivity contribution in [3.05, 3.63) is 103 Å². The second kappa shape index (κ2) is 14.9. The normalized spacial score (nSPS) is 16.1. The van der Waals surface area contributed by atoms with Gasteiger partial charge in [-0.25, -0.2) is 5.84 Å². The van der Waals surface area contributed by atoms with Crippen LogP contribution in [0.2, 0.25) is 0 Å². The van der Waals surface area contributed by atoms with Crippen LogP contribution in [-0.4, -0.2) is 23.4 Å². The Kier molecular flexibility index (Phi) is 11.3. The van der Waals surface area contributed by atoms with Crippen molar-refractivity contribution >= 4 is 28.9 Å². The first-order chi connectivity index (χ1) is 19.8. The molecule has 0 saturated heterocycles. The second-order valence-electron chi connectivity index (χ2n) is 10.0. The van der Waals surface area contributed by atoms with Gasteiger partial charge in [0.15, 0.2) is 0 Å². The summed E-state index contributed by atoms with van der Waals surface area (Å²) >= 11 is 0. The highest BCUT2D eigenvalue weighted by Crippen LogP contribution is 2.42. The summed E-state index contributed by atoms with van der Waals surface area (Å²) in [7, 11) is 0. The maximum Gasteiger partial charge on any atom is 0.224 e. The smallest absolute Gasteiger partial charge is 0.224 e. The first-order valence-corrected chi connectivity index (χ1v) is 14.3. The Morgan fingerprint density at radius 2 is 1.71 bits per heavy atom. The number of benzene rings is 3. The number of nitrogens with two attached hydrogens (primary N) is 2. The van der Waals surface area contributed by atoms with Crippen molar-refractivity contribution in [3.8, 4) is 11.1 Å². The monoisotopic (exact) mass is 553 g/mol. The lowest BCUT2D eigenvalue weighted by Gasteiger charge is -2.42. The van der Waals surface area contributed by atoms with Crippen LogP contribution in [-0.2, 0) is 9.59 Å². The Labute approximate surface area is 244 Å². The topological polar surface area (TPSA) is 105 Å². The summed E-state index contributed by atoms with van der Waals surface area (Å²) in [4.78, 5) is 26.5. The highest BCUT2D eigenvalue weighted by Gasteiger charge is 2.35. The van der Waals surface area contributed by atoms with Gasteiger partial charge in [0, 0.05) is 48.9 Å². The average molecular weight is 554 g/mol. The van der Waals surface area contributed by atoms with Crippen LogP contribution in [0.5, 0.6) is 0 Å². The Morgan fingerprint density at radius 3 is 2.34 bits per heavy atom. The molecule has 216 valence electrons. The molecule has 3 aromatic rings. The minimum atomic E-state index is -0.188. The molecule has 0 aliphatic carbocycles. The third-order valence-corrected chi connectivity index (χ3v) is 7.06. The van der Waals surface area contributed by atoms with Crippen LogP contribution in [0.1, 0.15) is 64.1 Å². The van der Waals surface area contributed by atoms with Gasteiger partial charge in [-0.15, -0.1) is 6.58 Å². The molecule has 41 heavy (non-hydrogen) atoms. The van der Waals surface area contributed by atoms with E-state index in [0.29, 0.717) is 18.7 Å². The summed E-state index contributed by atoms with van der Waals surface area (Å²) in [6.07, 6.45) is 5.65. The van der Waals surface area contributed by atoms with Gasteiger partial charge >= 0.3 is 0 Å². The summed E-state index contributed by atoms with van der Waals surface area (Å²) in [5, 5.41) is 4.61. The lowest BCUT2D eigenvalue weighted by atomic mass is 9.86. The molecule has 0 spiro atoms. The van der Waals surface area contributed by atoms with Crippen molar-refractivity contribution in [2.24, 2.45) is 17.5 Å². The number of unbranched alkanes of at least 4 members (excludes halogenated alkanes) is 1. The summed E-state index contributed by atoms with van der Waals surface area (Å²) < 4.78 is 0. The van der Waals surface area contributed by atoms with E-state index in [2.05, 4.69) is 24.9 Å². The maximum absolute atomic E-state index is 12.5. The first-order valence-electron chi connectivity index (χ1n) is 14.3. The van der Waals surface area contributed by atoms with E-state index in [-0.39, 0.29) is 23.8 Å². The molecule has 0 aromatic heterocycles. The summed E-state index contributed by atoms with van der Waals surface area (Å²) in [6.45, 7) is 11.9. The van der Waals surface area contributed by atoms with Crippen LogP contribution in [0.15, 0.2) is 91.7 Å². The number of hydrogen-bond donors (Lipinski definition) is 3. The van der Waals surface area contributed by atoms with Gasteiger partial charge in [0.2, 0.25) is 11.8 Å². The molecule has 1 aliphatic rings. The van der Waals surface area contributed by atoms with E-state index >= 15 is 0 Å². The lowest BCUT2D eigenvalue weighted by Crippen LogP contribution is -2.46. The minimum absolute atomic E-state index is 0.00889. The molecule has 1 aliphatic heterocycles. The SMILES string of the molecule is C=CCCCC(=O)Nc1ccc(-c2ccc3c(c2)C(N(N)/C=C(\N)c2ccccc2)[C@H](C)CN3C(C)=O)cc1.CC. The fourth-order valence-electron chi connectivity index (χ4n) is 5.08. The summed E-state index contributed by atoms with van der Waals surface area (Å²) in [6, 6.07) is 23.4. The van der Waals surface area contributed by atoms with Crippen LogP contribution >= 0.6 is 0 Å². The largest absolute Gasteiger partial charge is 0.397 e. The number of allylic oxidation sites excluding steroid dienone is 1. The Bertz CT molecular complexity index is 1350. The predicted octanol–water partition coefficient (Wildman–Crippen LogP) is 6.85. The van der Waals surface area contributed by atoms with E-state index in [1.807, 2.05) is 91.6 Å². The van der Waals surface area contributed by atoms with Crippen LogP contribution in [0.25, 0.3) is 16.8 Å². The predicted molar refractivity (Wildman–Crippen MR) is 170 cm³/mol. The van der Waals surface area contributed by atoms with E-state index in [1.165, 1.54) is 0 Å². The van der Waals surface area contributed by atoms with Crippen LogP contribution in [0, 0.1) is 5.92 Å². The Hall–Kier alpha value is -4.36. The zero-order valence-corrected chi connectivity index (χ0v) is 24.6. The van der Waals surface area contributed by atoms with Crippen molar-refractivity contribution in [1.82, 2.24) is 5.01 Å². The van der Waals surface area contributed by atoms with Gasteiger partial charge in [-0.2, -0.15) is 0 Å². The number of nitrogens with one attached hydrogen (secondary N) is 1. The number of hydrazine groups is 1. The van der Waals surface area contributed by atoms with Crippen molar-refractivity contribution < 1.29 is 9.59 Å². The zero-order valence-electron chi connectivity index (χ0n) is 24.6. The van der Waals surface area contributed by atoms with Gasteiger partial charge in [0.25, 0.3) is 0 Å². The molecule has 4 rings (SSSR count). The zero-order chi connectivity index (χ0) is 29.9. The fraction of sp³-hybridized carbons (Fsp3) is 0.294. The number of carbonyl (C=O) groups is 2. The molecular formula is C34H43N5O2.